The first-order valence-corrected chi connectivity index (χ1v) is 33.1. The molecule has 99 heavy (non-hydrogen) atoms. The van der Waals surface area contributed by atoms with E-state index in [2.05, 4.69) is 73.4 Å². The molecule has 4 aliphatic carbocycles. The summed E-state index contributed by atoms with van der Waals surface area (Å²) in [5.41, 5.74) is 15.3. The molecule has 4 aliphatic rings. The zero-order valence-corrected chi connectivity index (χ0v) is 58.3. The molecule has 0 saturated carbocycles. The van der Waals surface area contributed by atoms with Crippen molar-refractivity contribution in [2.24, 2.45) is 0 Å². The lowest BCUT2D eigenvalue weighted by atomic mass is 9.81. The normalized spacial score (nSPS) is 14.4. The molecule has 0 spiro atoms. The lowest BCUT2D eigenvalue weighted by Crippen LogP contribution is -2.15. The summed E-state index contributed by atoms with van der Waals surface area (Å²) in [6, 6.07) is 44.8. The third kappa shape index (κ3) is 10.6. The monoisotopic (exact) mass is 1450 g/mol. The topological polar surface area (TPSA) is 239 Å². The summed E-state index contributed by atoms with van der Waals surface area (Å²) in [6.45, 7) is 18.4. The highest BCUT2D eigenvalue weighted by Gasteiger charge is 2.42. The number of phenolic OH excluding ortho intramolecular Hbond substituents is 4. The Balaban J connectivity index is 0.000000119. The average molecular weight is 1460 g/mol. The van der Waals surface area contributed by atoms with Crippen molar-refractivity contribution in [1.82, 2.24) is 0 Å². The lowest BCUT2D eigenvalue weighted by molar-refractivity contribution is 0.0686. The zero-order valence-electron chi connectivity index (χ0n) is 55.1. The highest BCUT2D eigenvalue weighted by molar-refractivity contribution is 9.11. The molecule has 12 aromatic rings. The molecule has 0 unspecified atom stereocenters. The van der Waals surface area contributed by atoms with Crippen LogP contribution in [0.3, 0.4) is 0 Å². The number of benzene rings is 12. The van der Waals surface area contributed by atoms with Gasteiger partial charge in [0.15, 0.2) is 0 Å². The van der Waals surface area contributed by atoms with Crippen molar-refractivity contribution in [2.45, 2.75) is 84.0 Å². The first kappa shape index (κ1) is 67.0. The highest BCUT2D eigenvalue weighted by atomic mass is 79.9. The van der Waals surface area contributed by atoms with Gasteiger partial charge in [-0.25, -0.2) is 28.0 Å². The molecule has 498 valence electrons. The van der Waals surface area contributed by atoms with E-state index in [0.29, 0.717) is 27.8 Å². The predicted molar refractivity (Wildman–Crippen MR) is 387 cm³/mol. The fraction of sp³-hybridized carbons (Fsp3) is 0.171. The van der Waals surface area contributed by atoms with Crippen LogP contribution in [0.2, 0.25) is 0 Å². The van der Waals surface area contributed by atoms with Crippen LogP contribution in [0.15, 0.2) is 167 Å². The summed E-state index contributed by atoms with van der Waals surface area (Å²) in [4.78, 5) is 45.6. The summed E-state index contributed by atoms with van der Waals surface area (Å²) in [6.07, 6.45) is 0. The number of methoxy groups -OCH3 is 1. The van der Waals surface area contributed by atoms with E-state index in [4.69, 9.17) is 4.74 Å². The zero-order chi connectivity index (χ0) is 71.3. The van der Waals surface area contributed by atoms with Crippen molar-refractivity contribution >= 4 is 98.8 Å². The van der Waals surface area contributed by atoms with Crippen LogP contribution in [-0.2, 0) is 21.7 Å². The van der Waals surface area contributed by atoms with Crippen molar-refractivity contribution in [3.05, 3.63) is 251 Å². The van der Waals surface area contributed by atoms with E-state index in [9.17, 15) is 68.8 Å². The number of hydrogen-bond donors (Lipinski definition) is 8. The van der Waals surface area contributed by atoms with Crippen molar-refractivity contribution in [3.8, 4) is 73.3 Å². The van der Waals surface area contributed by atoms with Gasteiger partial charge in [0.25, 0.3) is 0 Å². The van der Waals surface area contributed by atoms with Gasteiger partial charge in [0.1, 0.15) is 40.4 Å². The van der Waals surface area contributed by atoms with E-state index in [1.165, 1.54) is 24.3 Å². The van der Waals surface area contributed by atoms with Gasteiger partial charge in [-0.15, -0.1) is 0 Å². The Bertz CT molecular complexity index is 5460. The summed E-state index contributed by atoms with van der Waals surface area (Å²) in [5, 5.41) is 84.5. The van der Waals surface area contributed by atoms with Crippen LogP contribution in [-0.4, -0.2) is 71.8 Å². The Morgan fingerprint density at radius 2 is 0.707 bits per heavy atom. The van der Waals surface area contributed by atoms with Crippen LogP contribution in [0, 0.1) is 18.6 Å². The molecule has 0 atom stereocenters. The molecule has 16 rings (SSSR count). The van der Waals surface area contributed by atoms with Crippen molar-refractivity contribution < 1.29 is 73.5 Å². The largest absolute Gasteiger partial charge is 0.507 e. The molecule has 0 aromatic heterocycles. The van der Waals surface area contributed by atoms with E-state index in [1.807, 2.05) is 87.5 Å². The lowest BCUT2D eigenvalue weighted by Gasteiger charge is -2.22. The Kier molecular flexibility index (Phi) is 15.9. The second kappa shape index (κ2) is 23.6. The number of aryl methyl sites for hydroxylation is 1. The van der Waals surface area contributed by atoms with E-state index in [1.54, 1.807) is 67.8 Å². The SMILES string of the molecule is CC1(C)c2ccc(C(=O)O)cc2-c2c1cc(O)c1c(Br)cc(Br)cc21.CC1(C)c2ccc(C(=O)O)cc2-c2c1cc(O)c1c(F)cc(F)cc21.COc1ccc2c3c(cc(O)c2c1)C(C)(C)c1ccc(C(=O)O)cc1-3.Cc1ccc2c3c(cc(O)c2c1)C(C)(C)c1ccc(C(=O)O)cc1-3. The van der Waals surface area contributed by atoms with Crippen molar-refractivity contribution in [3.63, 3.8) is 0 Å². The number of hydrogen-bond acceptors (Lipinski definition) is 9. The molecule has 12 aromatic carbocycles. The first-order valence-electron chi connectivity index (χ1n) is 31.5. The van der Waals surface area contributed by atoms with Crippen LogP contribution < -0.4 is 4.74 Å². The van der Waals surface area contributed by atoms with Crippen LogP contribution in [0.25, 0.3) is 87.6 Å². The minimum absolute atomic E-state index is 0.0653. The van der Waals surface area contributed by atoms with Gasteiger partial charge >= 0.3 is 23.9 Å². The maximum absolute atomic E-state index is 14.3. The Labute approximate surface area is 583 Å². The third-order valence-electron chi connectivity index (χ3n) is 20.4. The summed E-state index contributed by atoms with van der Waals surface area (Å²) in [7, 11) is 1.59. The maximum atomic E-state index is 14.3. The Morgan fingerprint density at radius 3 is 1.09 bits per heavy atom. The number of fused-ring (bicyclic) bond motifs is 20. The first-order chi connectivity index (χ1) is 46.6. The van der Waals surface area contributed by atoms with E-state index < -0.39 is 40.9 Å². The third-order valence-corrected chi connectivity index (χ3v) is 21.5. The minimum Gasteiger partial charge on any atom is -0.507 e. The second-order valence-corrected chi connectivity index (χ2v) is 29.4. The number of ether oxygens (including phenoxy) is 1. The standard InChI is InChI=1S/C21H18O4.C21H18O3.C20H14Br2O3.C20H14F2O3/c1-21(2)16-7-4-11(20(23)24)8-15(16)19-13-6-5-12(25-3)9-14(13)18(22)10-17(19)21;1-11-4-6-13-14(8-11)18(22)10-17-19(13)15-9-12(20(23)24)5-7-16(15)21(17,2)3;2*1-20(2)13-4-3-9(19(24)25)5-11(13)17-12-6-10(21)7-15(22)18(12)16(23)8-14(17)20/h4-10,22H,1-3H3,(H,23,24);4-10,22H,1-3H3,(H,23,24);2*3-8,23H,1-2H3,(H,24,25). The molecule has 8 N–H and O–H groups in total. The number of rotatable bonds is 5. The number of carbonyl (C=O) groups is 4. The van der Waals surface area contributed by atoms with E-state index >= 15 is 0 Å². The van der Waals surface area contributed by atoms with E-state index in [-0.39, 0.29) is 72.3 Å². The number of aromatic hydroxyl groups is 4. The van der Waals surface area contributed by atoms with Gasteiger partial charge in [-0.3, -0.25) is 0 Å². The molecule has 17 heteroatoms. The fourth-order valence-electron chi connectivity index (χ4n) is 15.4. The van der Waals surface area contributed by atoms with Gasteiger partial charge in [0.05, 0.1) is 34.7 Å². The highest BCUT2D eigenvalue weighted by Crippen LogP contribution is 2.58. The van der Waals surface area contributed by atoms with Crippen LogP contribution in [0.1, 0.15) is 147 Å². The molecular formula is C82H64Br2F2O13. The number of halogens is 4. The van der Waals surface area contributed by atoms with Gasteiger partial charge in [-0.2, -0.15) is 0 Å². The molecule has 0 saturated heterocycles. The summed E-state index contributed by atoms with van der Waals surface area (Å²) in [5.74, 6) is -4.40. The number of phenols is 4. The summed E-state index contributed by atoms with van der Waals surface area (Å²) < 4.78 is 35.1. The maximum Gasteiger partial charge on any atom is 0.335 e. The molecule has 0 bridgehead atoms. The van der Waals surface area contributed by atoms with Crippen LogP contribution in [0.5, 0.6) is 28.7 Å². The van der Waals surface area contributed by atoms with Crippen LogP contribution in [0.4, 0.5) is 8.78 Å². The molecule has 0 aliphatic heterocycles. The molecule has 0 heterocycles. The number of carboxylic acid groups (broad SMARTS) is 4. The Hall–Kier alpha value is -10.6. The molecule has 0 radical (unpaired) electrons. The van der Waals surface area contributed by atoms with Crippen LogP contribution >= 0.6 is 31.9 Å². The minimum atomic E-state index is -1.07. The average Bonchev–Trinajstić information content (AvgIpc) is 1.59. The summed E-state index contributed by atoms with van der Waals surface area (Å²) >= 11 is 7.05. The molecule has 13 nitrogen and oxygen atoms in total. The van der Waals surface area contributed by atoms with Gasteiger partial charge in [-0.1, -0.05) is 113 Å². The second-order valence-electron chi connectivity index (χ2n) is 27.6. The van der Waals surface area contributed by atoms with Gasteiger partial charge < -0.3 is 45.6 Å². The van der Waals surface area contributed by atoms with Crippen molar-refractivity contribution in [1.29, 1.82) is 0 Å². The smallest absolute Gasteiger partial charge is 0.335 e. The number of carboxylic acids is 4. The quantitative estimate of drug-likeness (QED) is 0.0801. The molecule has 0 amide bonds. The fourth-order valence-corrected chi connectivity index (χ4v) is 16.8. The molecule has 0 fully saturated rings. The predicted octanol–water partition coefficient (Wildman–Crippen LogP) is 20.3. The van der Waals surface area contributed by atoms with Gasteiger partial charge in [0.2, 0.25) is 0 Å². The van der Waals surface area contributed by atoms with Crippen molar-refractivity contribution in [2.75, 3.05) is 7.11 Å². The van der Waals surface area contributed by atoms with Gasteiger partial charge in [0, 0.05) is 52.8 Å². The number of aromatic carboxylic acids is 4. The molecular weight excluding hydrogens is 1390 g/mol. The van der Waals surface area contributed by atoms with E-state index in [0.717, 1.165) is 120 Å². The van der Waals surface area contributed by atoms with Gasteiger partial charge in [-0.05, 0) is 249 Å². The Morgan fingerprint density at radius 1 is 0.364 bits per heavy atom.